The van der Waals surface area contributed by atoms with Crippen LogP contribution in [0.15, 0.2) is 18.2 Å². The molecule has 0 spiro atoms. The van der Waals surface area contributed by atoms with E-state index in [1.807, 2.05) is 12.1 Å². The molecule has 1 aliphatic carbocycles. The molecule has 3 nitrogen and oxygen atoms in total. The Morgan fingerprint density at radius 1 is 1.29 bits per heavy atom. The van der Waals surface area contributed by atoms with Gasteiger partial charge in [0.15, 0.2) is 0 Å². The van der Waals surface area contributed by atoms with Crippen LogP contribution in [0.25, 0.3) is 0 Å². The molecule has 1 aliphatic heterocycles. The molecule has 0 bridgehead atoms. The van der Waals surface area contributed by atoms with Crippen molar-refractivity contribution in [3.63, 3.8) is 0 Å². The van der Waals surface area contributed by atoms with Gasteiger partial charge in [0.05, 0.1) is 5.56 Å². The number of fused-ring (bicyclic) bond motifs is 1. The van der Waals surface area contributed by atoms with Gasteiger partial charge in [-0.1, -0.05) is 18.1 Å². The van der Waals surface area contributed by atoms with Crippen molar-refractivity contribution in [3.05, 3.63) is 29.3 Å². The predicted molar refractivity (Wildman–Crippen MR) is 86.7 cm³/mol. The number of benzene rings is 1. The topological polar surface area (TPSA) is 32.3 Å². The number of carbonyl (C=O) groups excluding carboxylic acids is 1. The molecule has 1 saturated heterocycles. The fraction of sp³-hybridized carbons (Fsp3) is 0.611. The number of nitrogens with one attached hydrogen (secondary N) is 1. The number of amides is 1. The van der Waals surface area contributed by atoms with Crippen LogP contribution in [-0.4, -0.2) is 29.9 Å². The third kappa shape index (κ3) is 2.78. The third-order valence-electron chi connectivity index (χ3n) is 5.03. The van der Waals surface area contributed by atoms with E-state index in [4.69, 9.17) is 0 Å². The van der Waals surface area contributed by atoms with Crippen molar-refractivity contribution in [1.82, 2.24) is 4.90 Å². The van der Waals surface area contributed by atoms with E-state index in [2.05, 4.69) is 30.1 Å². The van der Waals surface area contributed by atoms with Crippen LogP contribution in [0.1, 0.15) is 54.9 Å². The van der Waals surface area contributed by atoms with Crippen LogP contribution < -0.4 is 5.32 Å². The van der Waals surface area contributed by atoms with Gasteiger partial charge in [-0.2, -0.15) is 0 Å². The minimum absolute atomic E-state index is 0.228. The maximum atomic E-state index is 13.1. The minimum Gasteiger partial charge on any atom is -0.385 e. The number of rotatable bonds is 3. The zero-order chi connectivity index (χ0) is 14.8. The first-order chi connectivity index (χ1) is 10.2. The van der Waals surface area contributed by atoms with E-state index < -0.39 is 0 Å². The van der Waals surface area contributed by atoms with Crippen molar-refractivity contribution >= 4 is 11.6 Å². The number of aryl methyl sites for hydroxylation is 1. The van der Waals surface area contributed by atoms with Crippen LogP contribution in [0.3, 0.4) is 0 Å². The van der Waals surface area contributed by atoms with Gasteiger partial charge in [-0.05, 0) is 57.6 Å². The van der Waals surface area contributed by atoms with Crippen molar-refractivity contribution in [2.45, 2.75) is 52.0 Å². The summed E-state index contributed by atoms with van der Waals surface area (Å²) in [4.78, 5) is 15.2. The normalized spacial score (nSPS) is 24.8. The highest BCUT2D eigenvalue weighted by molar-refractivity contribution is 6.00. The molecule has 2 fully saturated rings. The summed E-state index contributed by atoms with van der Waals surface area (Å²) in [6, 6.07) is 6.64. The van der Waals surface area contributed by atoms with Gasteiger partial charge in [0.1, 0.15) is 0 Å². The highest BCUT2D eigenvalue weighted by Crippen LogP contribution is 2.37. The molecule has 0 radical (unpaired) electrons. The van der Waals surface area contributed by atoms with Crippen molar-refractivity contribution < 1.29 is 4.79 Å². The summed E-state index contributed by atoms with van der Waals surface area (Å²) in [5, 5.41) is 3.34. The molecular weight excluding hydrogens is 260 g/mol. The second kappa shape index (κ2) is 6.08. The Labute approximate surface area is 127 Å². The molecule has 2 atom stereocenters. The number of piperidine rings is 1. The van der Waals surface area contributed by atoms with Gasteiger partial charge in [0, 0.05) is 24.8 Å². The van der Waals surface area contributed by atoms with Gasteiger partial charge in [-0.25, -0.2) is 0 Å². The van der Waals surface area contributed by atoms with Gasteiger partial charge in [-0.15, -0.1) is 0 Å². The largest absolute Gasteiger partial charge is 0.385 e. The Balaban J connectivity index is 1.88. The molecule has 2 aliphatic rings. The molecule has 2 unspecified atom stereocenters. The van der Waals surface area contributed by atoms with E-state index >= 15 is 0 Å². The minimum atomic E-state index is 0.228. The molecule has 1 saturated carbocycles. The van der Waals surface area contributed by atoms with Gasteiger partial charge in [0.2, 0.25) is 0 Å². The summed E-state index contributed by atoms with van der Waals surface area (Å²) in [7, 11) is 0. The summed E-state index contributed by atoms with van der Waals surface area (Å²) in [6.45, 7) is 5.90. The second-order valence-electron chi connectivity index (χ2n) is 6.48. The number of hydrogen-bond acceptors (Lipinski definition) is 2. The summed E-state index contributed by atoms with van der Waals surface area (Å²) in [5.41, 5.74) is 2.98. The van der Waals surface area contributed by atoms with Crippen LogP contribution in [-0.2, 0) is 0 Å². The summed E-state index contributed by atoms with van der Waals surface area (Å²) >= 11 is 0. The molecule has 1 aromatic carbocycles. The predicted octanol–water partition coefficient (Wildman–Crippen LogP) is 3.83. The lowest BCUT2D eigenvalue weighted by Crippen LogP contribution is -2.46. The van der Waals surface area contributed by atoms with Crippen LogP contribution in [0.4, 0.5) is 5.69 Å². The monoisotopic (exact) mass is 286 g/mol. The van der Waals surface area contributed by atoms with Crippen LogP contribution >= 0.6 is 0 Å². The fourth-order valence-electron chi connectivity index (χ4n) is 4.04. The summed E-state index contributed by atoms with van der Waals surface area (Å²) in [5.74, 6) is 0.973. The lowest BCUT2D eigenvalue weighted by Gasteiger charge is -2.38. The van der Waals surface area contributed by atoms with E-state index in [0.29, 0.717) is 6.04 Å². The molecule has 1 aromatic rings. The standard InChI is InChI=1S/C18H26N2O/c1-3-19-16-10-9-13(2)12-15(16)18(21)20-11-5-7-14-6-4-8-17(14)20/h9-10,12,14,17,19H,3-8,11H2,1-2H3. The molecule has 3 heteroatoms. The lowest BCUT2D eigenvalue weighted by molar-refractivity contribution is 0.0549. The first-order valence-corrected chi connectivity index (χ1v) is 8.36. The molecule has 1 heterocycles. The number of anilines is 1. The Bertz CT molecular complexity index is 526. The first kappa shape index (κ1) is 14.4. The van der Waals surface area contributed by atoms with Crippen molar-refractivity contribution in [2.24, 2.45) is 5.92 Å². The van der Waals surface area contributed by atoms with E-state index in [0.717, 1.165) is 42.2 Å². The number of nitrogens with zero attached hydrogens (tertiary/aromatic N) is 1. The Hall–Kier alpha value is -1.51. The third-order valence-corrected chi connectivity index (χ3v) is 5.03. The van der Waals surface area contributed by atoms with Crippen molar-refractivity contribution in [3.8, 4) is 0 Å². The first-order valence-electron chi connectivity index (χ1n) is 8.36. The van der Waals surface area contributed by atoms with Crippen molar-refractivity contribution in [2.75, 3.05) is 18.4 Å². The highest BCUT2D eigenvalue weighted by atomic mass is 16.2. The molecule has 0 aromatic heterocycles. The maximum absolute atomic E-state index is 13.1. The zero-order valence-electron chi connectivity index (χ0n) is 13.2. The molecular formula is C18H26N2O. The van der Waals surface area contributed by atoms with E-state index in [1.54, 1.807) is 0 Å². The second-order valence-corrected chi connectivity index (χ2v) is 6.48. The van der Waals surface area contributed by atoms with Gasteiger partial charge in [0.25, 0.3) is 5.91 Å². The smallest absolute Gasteiger partial charge is 0.256 e. The molecule has 1 amide bonds. The Morgan fingerprint density at radius 3 is 2.90 bits per heavy atom. The number of carbonyl (C=O) groups is 1. The molecule has 3 rings (SSSR count). The maximum Gasteiger partial charge on any atom is 0.256 e. The van der Waals surface area contributed by atoms with E-state index in [-0.39, 0.29) is 5.91 Å². The van der Waals surface area contributed by atoms with Gasteiger partial charge in [-0.3, -0.25) is 4.79 Å². The summed E-state index contributed by atoms with van der Waals surface area (Å²) < 4.78 is 0. The van der Waals surface area contributed by atoms with Crippen LogP contribution in [0.2, 0.25) is 0 Å². The van der Waals surface area contributed by atoms with E-state index in [9.17, 15) is 4.79 Å². The molecule has 114 valence electrons. The zero-order valence-corrected chi connectivity index (χ0v) is 13.2. The number of likely N-dealkylation sites (tertiary alicyclic amines) is 1. The fourth-order valence-corrected chi connectivity index (χ4v) is 4.04. The Kier molecular flexibility index (Phi) is 4.18. The average Bonchev–Trinajstić information content (AvgIpc) is 2.97. The molecule has 1 N–H and O–H groups in total. The van der Waals surface area contributed by atoms with Crippen LogP contribution in [0, 0.1) is 12.8 Å². The quantitative estimate of drug-likeness (QED) is 0.916. The summed E-state index contributed by atoms with van der Waals surface area (Å²) in [6.07, 6.45) is 6.26. The lowest BCUT2D eigenvalue weighted by atomic mass is 9.91. The highest BCUT2D eigenvalue weighted by Gasteiger charge is 2.37. The van der Waals surface area contributed by atoms with Gasteiger partial charge < -0.3 is 10.2 Å². The Morgan fingerprint density at radius 2 is 2.10 bits per heavy atom. The van der Waals surface area contributed by atoms with E-state index in [1.165, 1.54) is 25.7 Å². The average molecular weight is 286 g/mol. The van der Waals surface area contributed by atoms with Crippen LogP contribution in [0.5, 0.6) is 0 Å². The van der Waals surface area contributed by atoms with Gasteiger partial charge >= 0.3 is 0 Å². The number of hydrogen-bond donors (Lipinski definition) is 1. The van der Waals surface area contributed by atoms with Crippen molar-refractivity contribution in [1.29, 1.82) is 0 Å². The molecule has 21 heavy (non-hydrogen) atoms. The SMILES string of the molecule is CCNc1ccc(C)cc1C(=O)N1CCCC2CCCC21.